The number of benzene rings is 1. The predicted octanol–water partition coefficient (Wildman–Crippen LogP) is 0.184. The SMILES string of the molecule is CCC1C(=O)NCCN1S(=O)(=O)c1ccc(F)c(CN)c1. The van der Waals surface area contributed by atoms with Gasteiger partial charge in [0.1, 0.15) is 11.9 Å². The van der Waals surface area contributed by atoms with Gasteiger partial charge >= 0.3 is 0 Å². The number of carbonyl (C=O) groups excluding carboxylic acids is 1. The van der Waals surface area contributed by atoms with Gasteiger partial charge in [0, 0.05) is 25.2 Å². The normalized spacial score (nSPS) is 20.3. The van der Waals surface area contributed by atoms with E-state index in [9.17, 15) is 17.6 Å². The average molecular weight is 315 g/mol. The average Bonchev–Trinajstić information content (AvgIpc) is 2.47. The first-order valence-corrected chi connectivity index (χ1v) is 8.14. The molecule has 1 unspecified atom stereocenters. The van der Waals surface area contributed by atoms with Gasteiger partial charge in [0.2, 0.25) is 15.9 Å². The number of rotatable bonds is 4. The summed E-state index contributed by atoms with van der Waals surface area (Å²) in [5.74, 6) is -0.853. The molecule has 116 valence electrons. The minimum atomic E-state index is -3.86. The third-order valence-electron chi connectivity index (χ3n) is 3.51. The van der Waals surface area contributed by atoms with Crippen LogP contribution >= 0.6 is 0 Å². The Morgan fingerprint density at radius 2 is 2.19 bits per heavy atom. The zero-order valence-corrected chi connectivity index (χ0v) is 12.5. The lowest BCUT2D eigenvalue weighted by molar-refractivity contribution is -0.126. The van der Waals surface area contributed by atoms with Gasteiger partial charge in [0.15, 0.2) is 0 Å². The zero-order valence-electron chi connectivity index (χ0n) is 11.7. The molecule has 1 amide bonds. The first-order chi connectivity index (χ1) is 9.91. The number of sulfonamides is 1. The quantitative estimate of drug-likeness (QED) is 0.829. The number of carbonyl (C=O) groups is 1. The number of halogens is 1. The molecule has 1 aromatic rings. The monoisotopic (exact) mass is 315 g/mol. The number of nitrogens with two attached hydrogens (primary N) is 1. The number of piperazine rings is 1. The molecule has 1 fully saturated rings. The van der Waals surface area contributed by atoms with Crippen LogP contribution in [0.3, 0.4) is 0 Å². The smallest absolute Gasteiger partial charge is 0.243 e. The molecule has 21 heavy (non-hydrogen) atoms. The molecule has 8 heteroatoms. The zero-order chi connectivity index (χ0) is 15.6. The van der Waals surface area contributed by atoms with Gasteiger partial charge in [-0.1, -0.05) is 6.92 Å². The Hall–Kier alpha value is -1.51. The van der Waals surface area contributed by atoms with E-state index in [0.717, 1.165) is 6.07 Å². The largest absolute Gasteiger partial charge is 0.353 e. The van der Waals surface area contributed by atoms with Crippen LogP contribution in [0.1, 0.15) is 18.9 Å². The van der Waals surface area contributed by atoms with E-state index in [1.54, 1.807) is 6.92 Å². The van der Waals surface area contributed by atoms with E-state index in [0.29, 0.717) is 6.42 Å². The van der Waals surface area contributed by atoms with Crippen molar-refractivity contribution in [1.82, 2.24) is 9.62 Å². The van der Waals surface area contributed by atoms with Crippen LogP contribution in [0.15, 0.2) is 23.1 Å². The van der Waals surface area contributed by atoms with Gasteiger partial charge in [-0.2, -0.15) is 4.31 Å². The van der Waals surface area contributed by atoms with Crippen LogP contribution in [-0.2, 0) is 21.4 Å². The van der Waals surface area contributed by atoms with Gasteiger partial charge in [-0.15, -0.1) is 0 Å². The number of nitrogens with zero attached hydrogens (tertiary/aromatic N) is 1. The molecular formula is C13H18FN3O3S. The molecule has 0 saturated carbocycles. The second-order valence-corrected chi connectivity index (χ2v) is 6.68. The summed E-state index contributed by atoms with van der Waals surface area (Å²) in [6.45, 7) is 2.11. The summed E-state index contributed by atoms with van der Waals surface area (Å²) in [7, 11) is -3.86. The maximum atomic E-state index is 13.5. The van der Waals surface area contributed by atoms with Crippen molar-refractivity contribution in [2.45, 2.75) is 30.8 Å². The van der Waals surface area contributed by atoms with Crippen LogP contribution in [0.2, 0.25) is 0 Å². The van der Waals surface area contributed by atoms with Gasteiger partial charge in [-0.3, -0.25) is 4.79 Å². The van der Waals surface area contributed by atoms with E-state index < -0.39 is 21.9 Å². The summed E-state index contributed by atoms with van der Waals surface area (Å²) in [6, 6.07) is 2.77. The van der Waals surface area contributed by atoms with Crippen molar-refractivity contribution in [2.24, 2.45) is 5.73 Å². The molecule has 6 nitrogen and oxygen atoms in total. The molecule has 0 radical (unpaired) electrons. The number of nitrogens with one attached hydrogen (secondary N) is 1. The van der Waals surface area contributed by atoms with E-state index in [2.05, 4.69) is 5.32 Å². The summed E-state index contributed by atoms with van der Waals surface area (Å²) in [6.07, 6.45) is 0.371. The molecule has 1 aromatic carbocycles. The molecule has 1 atom stereocenters. The topological polar surface area (TPSA) is 92.5 Å². The lowest BCUT2D eigenvalue weighted by Crippen LogP contribution is -2.56. The highest BCUT2D eigenvalue weighted by atomic mass is 32.2. The molecule has 0 aliphatic carbocycles. The Morgan fingerprint density at radius 1 is 1.48 bits per heavy atom. The molecule has 1 saturated heterocycles. The lowest BCUT2D eigenvalue weighted by atomic mass is 10.2. The fraction of sp³-hybridized carbons (Fsp3) is 0.462. The second kappa shape index (κ2) is 6.08. The molecule has 0 bridgehead atoms. The van der Waals surface area contributed by atoms with Crippen LogP contribution in [0.4, 0.5) is 4.39 Å². The Morgan fingerprint density at radius 3 is 2.81 bits per heavy atom. The van der Waals surface area contributed by atoms with Gasteiger partial charge in [0.05, 0.1) is 4.90 Å². The highest BCUT2D eigenvalue weighted by Crippen LogP contribution is 2.23. The van der Waals surface area contributed by atoms with Crippen molar-refractivity contribution in [3.05, 3.63) is 29.6 Å². The maximum absolute atomic E-state index is 13.5. The summed E-state index contributed by atoms with van der Waals surface area (Å²) in [4.78, 5) is 11.7. The van der Waals surface area contributed by atoms with E-state index >= 15 is 0 Å². The van der Waals surface area contributed by atoms with Crippen molar-refractivity contribution >= 4 is 15.9 Å². The fourth-order valence-corrected chi connectivity index (χ4v) is 4.09. The third kappa shape index (κ3) is 2.92. The fourth-order valence-electron chi connectivity index (χ4n) is 2.37. The summed E-state index contributed by atoms with van der Waals surface area (Å²) in [5, 5.41) is 2.64. The van der Waals surface area contributed by atoms with E-state index in [-0.39, 0.29) is 36.0 Å². The van der Waals surface area contributed by atoms with Gasteiger partial charge < -0.3 is 11.1 Å². The first-order valence-electron chi connectivity index (χ1n) is 6.69. The Bertz CT molecular complexity index is 648. The number of amides is 1. The Kier molecular flexibility index (Phi) is 4.60. The molecule has 1 heterocycles. The van der Waals surface area contributed by atoms with Crippen LogP contribution in [0.5, 0.6) is 0 Å². The highest BCUT2D eigenvalue weighted by Gasteiger charge is 2.37. The lowest BCUT2D eigenvalue weighted by Gasteiger charge is -2.33. The molecule has 3 N–H and O–H groups in total. The van der Waals surface area contributed by atoms with E-state index in [1.165, 1.54) is 16.4 Å². The first kappa shape index (κ1) is 15.9. The van der Waals surface area contributed by atoms with Crippen LogP contribution in [-0.4, -0.2) is 37.8 Å². The maximum Gasteiger partial charge on any atom is 0.243 e. The van der Waals surface area contributed by atoms with Crippen molar-refractivity contribution in [2.75, 3.05) is 13.1 Å². The van der Waals surface area contributed by atoms with Crippen molar-refractivity contribution in [3.8, 4) is 0 Å². The molecule has 2 rings (SSSR count). The molecule has 0 aromatic heterocycles. The summed E-state index contributed by atoms with van der Waals surface area (Å²) in [5.41, 5.74) is 5.53. The third-order valence-corrected chi connectivity index (χ3v) is 5.42. The van der Waals surface area contributed by atoms with Crippen molar-refractivity contribution in [1.29, 1.82) is 0 Å². The predicted molar refractivity (Wildman–Crippen MR) is 75.3 cm³/mol. The minimum absolute atomic E-state index is 0.0440. The molecule has 1 aliphatic rings. The van der Waals surface area contributed by atoms with Crippen LogP contribution < -0.4 is 11.1 Å². The molecular weight excluding hydrogens is 297 g/mol. The van der Waals surface area contributed by atoms with Crippen LogP contribution in [0, 0.1) is 5.82 Å². The molecule has 1 aliphatic heterocycles. The summed E-state index contributed by atoms with van der Waals surface area (Å²) < 4.78 is 39.9. The second-order valence-electron chi connectivity index (χ2n) is 4.79. The van der Waals surface area contributed by atoms with Crippen LogP contribution in [0.25, 0.3) is 0 Å². The number of hydrogen-bond acceptors (Lipinski definition) is 4. The summed E-state index contributed by atoms with van der Waals surface area (Å²) >= 11 is 0. The molecule has 0 spiro atoms. The van der Waals surface area contributed by atoms with Gasteiger partial charge in [-0.05, 0) is 24.6 Å². The van der Waals surface area contributed by atoms with Crippen molar-refractivity contribution < 1.29 is 17.6 Å². The Labute approximate surface area is 123 Å². The number of hydrogen-bond donors (Lipinski definition) is 2. The Balaban J connectivity index is 2.43. The van der Waals surface area contributed by atoms with E-state index in [4.69, 9.17) is 5.73 Å². The van der Waals surface area contributed by atoms with Gasteiger partial charge in [0.25, 0.3) is 0 Å². The van der Waals surface area contributed by atoms with Crippen molar-refractivity contribution in [3.63, 3.8) is 0 Å². The minimum Gasteiger partial charge on any atom is -0.353 e. The standard InChI is InChI=1S/C13H18FN3O3S/c1-2-12-13(18)16-5-6-17(12)21(19,20)10-3-4-11(14)9(7-10)8-15/h3-4,7,12H,2,5-6,8,15H2,1H3,(H,16,18). The van der Waals surface area contributed by atoms with Gasteiger partial charge in [-0.25, -0.2) is 12.8 Å². The van der Waals surface area contributed by atoms with E-state index in [1.807, 2.05) is 0 Å². The highest BCUT2D eigenvalue weighted by molar-refractivity contribution is 7.89.